The second-order valence-electron chi connectivity index (χ2n) is 6.36. The van der Waals surface area contributed by atoms with Gasteiger partial charge in [0.2, 0.25) is 5.91 Å². The molecule has 3 rings (SSSR count). The molecule has 4 nitrogen and oxygen atoms in total. The molecule has 1 saturated carbocycles. The van der Waals surface area contributed by atoms with Gasteiger partial charge in [-0.15, -0.1) is 11.3 Å². The summed E-state index contributed by atoms with van der Waals surface area (Å²) < 4.78 is 6.54. The van der Waals surface area contributed by atoms with Gasteiger partial charge in [0.05, 0.1) is 15.2 Å². The first-order valence-electron chi connectivity index (χ1n) is 9.00. The standard InChI is InChI=1S/C19H26N2O2S/c1-2-23-13-7-12-20-18(22)14-8-3-4-9-15(14)19-21-16-10-5-6-11-17(16)24-19/h5-6,10-11,14-15H,2-4,7-9,12-13H2,1H3,(H,20,22). The van der Waals surface area contributed by atoms with Gasteiger partial charge in [0.15, 0.2) is 0 Å². The highest BCUT2D eigenvalue weighted by Crippen LogP contribution is 2.40. The third-order valence-electron chi connectivity index (χ3n) is 4.70. The Hall–Kier alpha value is -1.46. The van der Waals surface area contributed by atoms with Gasteiger partial charge in [-0.3, -0.25) is 4.79 Å². The highest BCUT2D eigenvalue weighted by Gasteiger charge is 2.33. The van der Waals surface area contributed by atoms with Crippen molar-refractivity contribution in [3.63, 3.8) is 0 Å². The van der Waals surface area contributed by atoms with E-state index in [0.29, 0.717) is 13.2 Å². The van der Waals surface area contributed by atoms with Crippen molar-refractivity contribution in [2.75, 3.05) is 19.8 Å². The lowest BCUT2D eigenvalue weighted by Crippen LogP contribution is -2.36. The van der Waals surface area contributed by atoms with E-state index in [1.54, 1.807) is 11.3 Å². The summed E-state index contributed by atoms with van der Waals surface area (Å²) in [5, 5.41) is 4.23. The van der Waals surface area contributed by atoms with E-state index in [2.05, 4.69) is 17.4 Å². The third-order valence-corrected chi connectivity index (χ3v) is 5.87. The lowest BCUT2D eigenvalue weighted by Gasteiger charge is -2.29. The minimum atomic E-state index is 0.0615. The second kappa shape index (κ2) is 8.58. The number of aromatic nitrogens is 1. The molecule has 1 fully saturated rings. The van der Waals surface area contributed by atoms with Crippen molar-refractivity contribution in [3.8, 4) is 0 Å². The van der Waals surface area contributed by atoms with E-state index in [-0.39, 0.29) is 17.7 Å². The largest absolute Gasteiger partial charge is 0.382 e. The van der Waals surface area contributed by atoms with Gasteiger partial charge < -0.3 is 10.1 Å². The van der Waals surface area contributed by atoms with Gasteiger partial charge in [0.1, 0.15) is 0 Å². The molecule has 0 radical (unpaired) electrons. The molecular weight excluding hydrogens is 320 g/mol. The van der Waals surface area contributed by atoms with Crippen molar-refractivity contribution < 1.29 is 9.53 Å². The number of hydrogen-bond acceptors (Lipinski definition) is 4. The summed E-state index contributed by atoms with van der Waals surface area (Å²) in [5.41, 5.74) is 1.05. The van der Waals surface area contributed by atoms with Crippen molar-refractivity contribution in [1.29, 1.82) is 0 Å². The van der Waals surface area contributed by atoms with Crippen molar-refractivity contribution in [2.45, 2.75) is 44.9 Å². The average molecular weight is 346 g/mol. The zero-order chi connectivity index (χ0) is 16.8. The van der Waals surface area contributed by atoms with Crippen LogP contribution in [0.25, 0.3) is 10.2 Å². The number of carbonyl (C=O) groups is 1. The molecular formula is C19H26N2O2S. The Morgan fingerprint density at radius 3 is 3.00 bits per heavy atom. The summed E-state index contributed by atoms with van der Waals surface area (Å²) in [6.07, 6.45) is 5.24. The molecule has 0 aliphatic heterocycles. The first kappa shape index (κ1) is 17.4. The number of carbonyl (C=O) groups excluding carboxylic acids is 1. The Bertz CT molecular complexity index is 637. The van der Waals surface area contributed by atoms with Crippen LogP contribution in [0.1, 0.15) is 50.0 Å². The first-order valence-corrected chi connectivity index (χ1v) is 9.82. The summed E-state index contributed by atoms with van der Waals surface area (Å²) in [5.74, 6) is 0.518. The van der Waals surface area contributed by atoms with Crippen LogP contribution in [0.2, 0.25) is 0 Å². The van der Waals surface area contributed by atoms with Crippen LogP contribution in [0, 0.1) is 5.92 Å². The van der Waals surface area contributed by atoms with Crippen LogP contribution in [-0.2, 0) is 9.53 Å². The molecule has 1 aliphatic carbocycles. The molecule has 2 aromatic rings. The van der Waals surface area contributed by atoms with Gasteiger partial charge in [0.25, 0.3) is 0 Å². The number of para-hydroxylation sites is 1. The Morgan fingerprint density at radius 1 is 1.33 bits per heavy atom. The lowest BCUT2D eigenvalue weighted by molar-refractivity contribution is -0.126. The quantitative estimate of drug-likeness (QED) is 0.768. The van der Waals surface area contributed by atoms with Crippen molar-refractivity contribution >= 4 is 27.5 Å². The fourth-order valence-electron chi connectivity index (χ4n) is 3.45. The van der Waals surface area contributed by atoms with Crippen LogP contribution in [0.4, 0.5) is 0 Å². The maximum atomic E-state index is 12.7. The Morgan fingerprint density at radius 2 is 2.17 bits per heavy atom. The number of nitrogens with zero attached hydrogens (tertiary/aromatic N) is 1. The predicted octanol–water partition coefficient (Wildman–Crippen LogP) is 4.11. The van der Waals surface area contributed by atoms with Crippen LogP contribution in [-0.4, -0.2) is 30.6 Å². The van der Waals surface area contributed by atoms with Gasteiger partial charge >= 0.3 is 0 Å². The SMILES string of the molecule is CCOCCCNC(=O)C1CCCCC1c1nc2ccccc2s1. The molecule has 1 N–H and O–H groups in total. The monoisotopic (exact) mass is 346 g/mol. The normalized spacial score (nSPS) is 21.0. The molecule has 1 aliphatic rings. The van der Waals surface area contributed by atoms with E-state index in [4.69, 9.17) is 9.72 Å². The maximum Gasteiger partial charge on any atom is 0.223 e. The maximum absolute atomic E-state index is 12.7. The summed E-state index contributed by atoms with van der Waals surface area (Å²) >= 11 is 1.75. The molecule has 2 atom stereocenters. The molecule has 24 heavy (non-hydrogen) atoms. The summed E-state index contributed by atoms with van der Waals surface area (Å²) in [7, 11) is 0. The van der Waals surface area contributed by atoms with E-state index in [0.717, 1.165) is 42.8 Å². The Labute approximate surface area is 147 Å². The molecule has 1 amide bonds. The minimum absolute atomic E-state index is 0.0615. The average Bonchev–Trinajstić information content (AvgIpc) is 3.05. The lowest BCUT2D eigenvalue weighted by atomic mass is 9.79. The van der Waals surface area contributed by atoms with Crippen LogP contribution in [0.3, 0.4) is 0 Å². The van der Waals surface area contributed by atoms with E-state index < -0.39 is 0 Å². The van der Waals surface area contributed by atoms with Crippen molar-refractivity contribution in [1.82, 2.24) is 10.3 Å². The molecule has 1 heterocycles. The molecule has 0 saturated heterocycles. The first-order chi connectivity index (χ1) is 11.8. The number of amides is 1. The van der Waals surface area contributed by atoms with Crippen LogP contribution in [0.5, 0.6) is 0 Å². The molecule has 2 unspecified atom stereocenters. The highest BCUT2D eigenvalue weighted by molar-refractivity contribution is 7.18. The van der Waals surface area contributed by atoms with Crippen molar-refractivity contribution in [3.05, 3.63) is 29.3 Å². The smallest absolute Gasteiger partial charge is 0.223 e. The van der Waals surface area contributed by atoms with E-state index >= 15 is 0 Å². The predicted molar refractivity (Wildman–Crippen MR) is 98.4 cm³/mol. The summed E-state index contributed by atoms with van der Waals surface area (Å²) in [6, 6.07) is 8.24. The number of hydrogen-bond donors (Lipinski definition) is 1. The minimum Gasteiger partial charge on any atom is -0.382 e. The highest BCUT2D eigenvalue weighted by atomic mass is 32.1. The number of thiazole rings is 1. The Balaban J connectivity index is 1.65. The molecule has 1 aromatic carbocycles. The third kappa shape index (κ3) is 4.14. The van der Waals surface area contributed by atoms with Gasteiger partial charge in [-0.1, -0.05) is 25.0 Å². The number of rotatable bonds is 7. The zero-order valence-electron chi connectivity index (χ0n) is 14.3. The molecule has 0 spiro atoms. The second-order valence-corrected chi connectivity index (χ2v) is 7.42. The molecule has 130 valence electrons. The molecule has 5 heteroatoms. The topological polar surface area (TPSA) is 51.2 Å². The van der Waals surface area contributed by atoms with Crippen LogP contribution in [0.15, 0.2) is 24.3 Å². The number of ether oxygens (including phenoxy) is 1. The molecule has 0 bridgehead atoms. The van der Waals surface area contributed by atoms with E-state index in [9.17, 15) is 4.79 Å². The number of fused-ring (bicyclic) bond motifs is 1. The Kier molecular flexibility index (Phi) is 6.21. The van der Waals surface area contributed by atoms with Gasteiger partial charge in [-0.05, 0) is 38.3 Å². The summed E-state index contributed by atoms with van der Waals surface area (Å²) in [6.45, 7) is 4.13. The zero-order valence-corrected chi connectivity index (χ0v) is 15.1. The van der Waals surface area contributed by atoms with Crippen LogP contribution >= 0.6 is 11.3 Å². The van der Waals surface area contributed by atoms with E-state index in [1.807, 2.05) is 19.1 Å². The van der Waals surface area contributed by atoms with Gasteiger partial charge in [-0.2, -0.15) is 0 Å². The molecule has 1 aromatic heterocycles. The van der Waals surface area contributed by atoms with Gasteiger partial charge in [-0.25, -0.2) is 4.98 Å². The van der Waals surface area contributed by atoms with Gasteiger partial charge in [0, 0.05) is 31.6 Å². The van der Waals surface area contributed by atoms with E-state index in [1.165, 1.54) is 11.1 Å². The fraction of sp³-hybridized carbons (Fsp3) is 0.579. The fourth-order valence-corrected chi connectivity index (χ4v) is 4.62. The number of benzene rings is 1. The van der Waals surface area contributed by atoms with Crippen LogP contribution < -0.4 is 5.32 Å². The summed E-state index contributed by atoms with van der Waals surface area (Å²) in [4.78, 5) is 17.5. The number of nitrogens with one attached hydrogen (secondary N) is 1. The van der Waals surface area contributed by atoms with Crippen molar-refractivity contribution in [2.24, 2.45) is 5.92 Å².